The molecule has 0 aliphatic heterocycles. The molecule has 0 spiro atoms. The maximum atomic E-state index is 10.8. The van der Waals surface area contributed by atoms with E-state index in [-0.39, 0.29) is 5.69 Å². The van der Waals surface area contributed by atoms with Crippen LogP contribution in [0.15, 0.2) is 46.9 Å². The Balaban J connectivity index is 1.92. The average Bonchev–Trinajstić information content (AvgIpc) is 2.49. The first kappa shape index (κ1) is 15.2. The smallest absolute Gasteiger partial charge is 0.269 e. The van der Waals surface area contributed by atoms with Crippen molar-refractivity contribution < 1.29 is 14.5 Å². The Kier molecular flexibility index (Phi) is 5.05. The molecule has 21 heavy (non-hydrogen) atoms. The van der Waals surface area contributed by atoms with E-state index in [1.54, 1.807) is 30.3 Å². The lowest BCUT2D eigenvalue weighted by Gasteiger charge is -2.07. The molecule has 6 heteroatoms. The SMILES string of the molecule is O=Cc1cc(OCCc2ccc([N+](=O)[O-])cc2)ccc1Br. The van der Waals surface area contributed by atoms with E-state index >= 15 is 0 Å². The van der Waals surface area contributed by atoms with Crippen LogP contribution in [0.2, 0.25) is 0 Å². The van der Waals surface area contributed by atoms with Gasteiger partial charge in [0.25, 0.3) is 5.69 Å². The van der Waals surface area contributed by atoms with Crippen LogP contribution in [0.4, 0.5) is 5.69 Å². The zero-order chi connectivity index (χ0) is 15.2. The summed E-state index contributed by atoms with van der Waals surface area (Å²) in [6.45, 7) is 0.428. The second-order valence-electron chi connectivity index (χ2n) is 4.32. The molecule has 0 N–H and O–H groups in total. The van der Waals surface area contributed by atoms with Gasteiger partial charge in [-0.15, -0.1) is 0 Å². The first-order valence-electron chi connectivity index (χ1n) is 6.21. The van der Waals surface area contributed by atoms with Gasteiger partial charge in [0.05, 0.1) is 11.5 Å². The lowest BCUT2D eigenvalue weighted by molar-refractivity contribution is -0.384. The van der Waals surface area contributed by atoms with Gasteiger partial charge in [0.2, 0.25) is 0 Å². The van der Waals surface area contributed by atoms with E-state index in [1.807, 2.05) is 0 Å². The quantitative estimate of drug-likeness (QED) is 0.452. The van der Waals surface area contributed by atoms with Crippen molar-refractivity contribution >= 4 is 27.9 Å². The Morgan fingerprint density at radius 3 is 2.52 bits per heavy atom. The van der Waals surface area contributed by atoms with Gasteiger partial charge in [-0.05, 0) is 23.8 Å². The minimum Gasteiger partial charge on any atom is -0.493 e. The van der Waals surface area contributed by atoms with E-state index in [4.69, 9.17) is 4.74 Å². The Morgan fingerprint density at radius 1 is 1.19 bits per heavy atom. The van der Waals surface area contributed by atoms with E-state index in [2.05, 4.69) is 15.9 Å². The van der Waals surface area contributed by atoms with Gasteiger partial charge in [-0.3, -0.25) is 14.9 Å². The van der Waals surface area contributed by atoms with Crippen molar-refractivity contribution in [1.29, 1.82) is 0 Å². The maximum Gasteiger partial charge on any atom is 0.269 e. The van der Waals surface area contributed by atoms with E-state index < -0.39 is 4.92 Å². The third-order valence-electron chi connectivity index (χ3n) is 2.90. The highest BCUT2D eigenvalue weighted by Crippen LogP contribution is 2.21. The number of non-ortho nitro benzene ring substituents is 1. The van der Waals surface area contributed by atoms with Crippen LogP contribution in [0.5, 0.6) is 5.75 Å². The second-order valence-corrected chi connectivity index (χ2v) is 5.18. The molecule has 0 bridgehead atoms. The fraction of sp³-hybridized carbons (Fsp3) is 0.133. The van der Waals surface area contributed by atoms with Crippen molar-refractivity contribution in [1.82, 2.24) is 0 Å². The lowest BCUT2D eigenvalue weighted by atomic mass is 10.1. The summed E-state index contributed by atoms with van der Waals surface area (Å²) in [5.41, 5.74) is 1.55. The van der Waals surface area contributed by atoms with Gasteiger partial charge >= 0.3 is 0 Å². The van der Waals surface area contributed by atoms with Crippen LogP contribution in [0.3, 0.4) is 0 Å². The van der Waals surface area contributed by atoms with Gasteiger partial charge in [0, 0.05) is 28.6 Å². The Labute approximate surface area is 129 Å². The minimum absolute atomic E-state index is 0.0724. The lowest BCUT2D eigenvalue weighted by Crippen LogP contribution is -2.02. The van der Waals surface area contributed by atoms with E-state index in [9.17, 15) is 14.9 Å². The molecule has 0 fully saturated rings. The predicted molar refractivity (Wildman–Crippen MR) is 81.8 cm³/mol. The molecular weight excluding hydrogens is 338 g/mol. The van der Waals surface area contributed by atoms with Crippen LogP contribution in [0, 0.1) is 10.1 Å². The van der Waals surface area contributed by atoms with Gasteiger partial charge in [0.1, 0.15) is 5.75 Å². The molecule has 108 valence electrons. The van der Waals surface area contributed by atoms with Crippen LogP contribution in [0.25, 0.3) is 0 Å². The van der Waals surface area contributed by atoms with Crippen molar-refractivity contribution in [3.8, 4) is 5.75 Å². The van der Waals surface area contributed by atoms with Gasteiger partial charge in [-0.25, -0.2) is 0 Å². The average molecular weight is 350 g/mol. The highest BCUT2D eigenvalue weighted by Gasteiger charge is 2.05. The fourth-order valence-corrected chi connectivity index (χ4v) is 2.11. The number of carbonyl (C=O) groups is 1. The molecule has 0 aromatic heterocycles. The number of carbonyl (C=O) groups excluding carboxylic acids is 1. The molecule has 0 saturated heterocycles. The molecule has 0 saturated carbocycles. The number of nitro groups is 1. The first-order valence-corrected chi connectivity index (χ1v) is 7.00. The summed E-state index contributed by atoms with van der Waals surface area (Å²) < 4.78 is 6.29. The molecule has 2 rings (SSSR count). The van der Waals surface area contributed by atoms with Gasteiger partial charge in [-0.2, -0.15) is 0 Å². The van der Waals surface area contributed by atoms with E-state index in [1.165, 1.54) is 12.1 Å². The highest BCUT2D eigenvalue weighted by molar-refractivity contribution is 9.10. The summed E-state index contributed by atoms with van der Waals surface area (Å²) in [7, 11) is 0. The number of halogens is 1. The van der Waals surface area contributed by atoms with Crippen molar-refractivity contribution in [2.45, 2.75) is 6.42 Å². The number of ether oxygens (including phenoxy) is 1. The molecule has 5 nitrogen and oxygen atoms in total. The maximum absolute atomic E-state index is 10.8. The van der Waals surface area contributed by atoms with Crippen LogP contribution >= 0.6 is 15.9 Å². The van der Waals surface area contributed by atoms with Crippen LogP contribution < -0.4 is 4.74 Å². The molecule has 0 atom stereocenters. The van der Waals surface area contributed by atoms with Crippen molar-refractivity contribution in [2.75, 3.05) is 6.61 Å². The largest absolute Gasteiger partial charge is 0.493 e. The molecule has 0 aliphatic carbocycles. The van der Waals surface area contributed by atoms with Crippen molar-refractivity contribution in [2.24, 2.45) is 0 Å². The van der Waals surface area contributed by atoms with E-state index in [0.29, 0.717) is 24.3 Å². The summed E-state index contributed by atoms with van der Waals surface area (Å²) in [5, 5.41) is 10.5. The predicted octanol–water partition coefficient (Wildman–Crippen LogP) is 3.79. The summed E-state index contributed by atoms with van der Waals surface area (Å²) >= 11 is 3.27. The number of rotatable bonds is 6. The molecule has 0 unspecified atom stereocenters. The Hall–Kier alpha value is -2.21. The molecule has 2 aromatic rings. The highest BCUT2D eigenvalue weighted by atomic mass is 79.9. The number of hydrogen-bond acceptors (Lipinski definition) is 4. The third kappa shape index (κ3) is 4.13. The molecule has 2 aromatic carbocycles. The third-order valence-corrected chi connectivity index (χ3v) is 3.62. The minimum atomic E-state index is -0.428. The van der Waals surface area contributed by atoms with Crippen molar-refractivity contribution in [3.05, 3.63) is 68.2 Å². The van der Waals surface area contributed by atoms with Gasteiger partial charge < -0.3 is 4.74 Å². The fourth-order valence-electron chi connectivity index (χ4n) is 1.77. The monoisotopic (exact) mass is 349 g/mol. The van der Waals surface area contributed by atoms with Crippen LogP contribution in [-0.4, -0.2) is 17.8 Å². The Morgan fingerprint density at radius 2 is 1.90 bits per heavy atom. The number of benzene rings is 2. The van der Waals surface area contributed by atoms with Gasteiger partial charge in [-0.1, -0.05) is 28.1 Å². The first-order chi connectivity index (χ1) is 10.1. The molecule has 0 aliphatic rings. The second kappa shape index (κ2) is 6.99. The van der Waals surface area contributed by atoms with Crippen LogP contribution in [0.1, 0.15) is 15.9 Å². The summed E-state index contributed by atoms with van der Waals surface area (Å²) in [6.07, 6.45) is 1.39. The molecule has 0 heterocycles. The zero-order valence-corrected chi connectivity index (χ0v) is 12.6. The molecule has 0 amide bonds. The number of hydrogen-bond donors (Lipinski definition) is 0. The number of nitro benzene ring substituents is 1. The normalized spacial score (nSPS) is 10.1. The Bertz CT molecular complexity index is 655. The number of aldehydes is 1. The van der Waals surface area contributed by atoms with Gasteiger partial charge in [0.15, 0.2) is 6.29 Å². The summed E-state index contributed by atoms with van der Waals surface area (Å²) in [5.74, 6) is 0.613. The topological polar surface area (TPSA) is 69.4 Å². The van der Waals surface area contributed by atoms with Crippen molar-refractivity contribution in [3.63, 3.8) is 0 Å². The molecule has 0 radical (unpaired) electrons. The number of nitrogens with zero attached hydrogens (tertiary/aromatic N) is 1. The van der Waals surface area contributed by atoms with Crippen LogP contribution in [-0.2, 0) is 6.42 Å². The summed E-state index contributed by atoms with van der Waals surface area (Å²) in [4.78, 5) is 20.9. The zero-order valence-electron chi connectivity index (χ0n) is 11.0. The standard InChI is InChI=1S/C15H12BrNO4/c16-15-6-5-14(9-12(15)10-18)21-8-7-11-1-3-13(4-2-11)17(19)20/h1-6,9-10H,7-8H2. The molecular formula is C15H12BrNO4. The van der Waals surface area contributed by atoms with E-state index in [0.717, 1.165) is 16.3 Å². The summed E-state index contributed by atoms with van der Waals surface area (Å²) in [6, 6.07) is 11.5.